The van der Waals surface area contributed by atoms with Crippen molar-refractivity contribution >= 4 is 45.0 Å². The van der Waals surface area contributed by atoms with E-state index in [4.69, 9.17) is 14.7 Å². The number of esters is 1. The lowest BCUT2D eigenvalue weighted by Crippen LogP contribution is -2.52. The first-order chi connectivity index (χ1) is 55.6. The largest absolute Gasteiger partial charge is 0.480 e. The number of benzene rings is 3. The van der Waals surface area contributed by atoms with Crippen molar-refractivity contribution in [2.45, 2.75) is 278 Å². The fourth-order valence-corrected chi connectivity index (χ4v) is 25.5. The molecule has 18 atom stereocenters. The van der Waals surface area contributed by atoms with Crippen LogP contribution in [0.25, 0.3) is 67.3 Å². The van der Waals surface area contributed by atoms with Gasteiger partial charge in [-0.25, -0.2) is 15.0 Å². The van der Waals surface area contributed by atoms with Crippen LogP contribution in [0.5, 0.6) is 0 Å². The SMILES string of the molecule is COC(=O)Cn1c(-c2nc3ccccc3n(C3C[C@H]4CC[C@@H](C3)N4C3C[C@H]4CCC[C@@H](C3)C4)c2=O)cccc1=O.O=C(O)Cn1c(-c2nc3ccccc3n(C3C[C@H]4CC[C@@H](C3)N4C3C[C@H]4CCC[C@@H](C3)C4)c2=O)cccc1=O.O=c1cccc(-c2nc3ccccc3n(C3C[C@H]4CC[C@@H](C3)N4C3C[C@H]4CCC[C@@H](C3)C4)c2=O)[nH]1. The highest BCUT2D eigenvalue weighted by Crippen LogP contribution is 2.53. The van der Waals surface area contributed by atoms with Crippen LogP contribution in [0.1, 0.15) is 211 Å². The van der Waals surface area contributed by atoms with E-state index in [1.54, 1.807) is 36.4 Å². The van der Waals surface area contributed by atoms with E-state index in [0.29, 0.717) is 76.4 Å². The zero-order valence-corrected chi connectivity index (χ0v) is 65.7. The van der Waals surface area contributed by atoms with Gasteiger partial charge in [-0.05, 0) is 225 Å². The first-order valence-electron chi connectivity index (χ1n) is 43.3. The summed E-state index contributed by atoms with van der Waals surface area (Å²) in [5.74, 6) is 3.77. The Morgan fingerprint density at radius 1 is 0.360 bits per heavy atom. The van der Waals surface area contributed by atoms with Crippen molar-refractivity contribution in [3.8, 4) is 34.2 Å². The monoisotopic (exact) mass is 1540 g/mol. The van der Waals surface area contributed by atoms with Crippen molar-refractivity contribution in [1.29, 1.82) is 0 Å². The van der Waals surface area contributed by atoms with Gasteiger partial charge >= 0.3 is 11.9 Å². The molecule has 0 radical (unpaired) electrons. The van der Waals surface area contributed by atoms with Crippen LogP contribution in [0, 0.1) is 35.5 Å². The molecular formula is C92H108N12O10. The number of H-pyrrole nitrogens is 1. The van der Waals surface area contributed by atoms with E-state index < -0.39 is 24.0 Å². The Morgan fingerprint density at radius 2 is 0.684 bits per heavy atom. The standard InChI is InChI=1S/C32H38N4O4.C31H36N4O4.C29H34N4O2/c1-40-30(38)19-34-28(10-5-11-29(34)37)31-32(39)36(27-9-3-2-8-26(27)33-31)25-17-22-12-13-23(18-25)35(22)24-15-20-6-4-7-21(14-20)16-24;36-28-10-4-9-27(33(28)18-29(37)38)30-31(39)35(26-8-2-1-7-25(26)32-30)24-16-21-11-12-22(17-24)34(21)23-14-19-5-3-6-20(13-19)15-23;34-27-10-4-8-25(30-27)28-29(35)33(26-9-2-1-7-24(26)31-28)23-16-20-11-12-21(17-23)32(20)22-14-18-5-3-6-19(13-18)15-22/h2-3,5,8-11,20-25H,4,6-7,12-19H2,1H3;1-2,4,7-10,19-24H,3,5-6,11-18H2,(H,37,38);1-2,4,7-10,18-23H,3,5-6,11-17H2,(H,30,34)/t20-,21+,22-,23+,24?,25?;19-,20+,21-,22+,23?,24?;18-,19+,20-,21+,22?,23?. The average Bonchev–Trinajstić information content (AvgIpc) is 1.43. The molecule has 12 bridgehead atoms. The van der Waals surface area contributed by atoms with Gasteiger partial charge in [0.2, 0.25) is 5.56 Å². The number of aliphatic carboxylic acids is 1. The number of para-hydroxylation sites is 6. The topological polar surface area (TPSA) is 255 Å². The predicted molar refractivity (Wildman–Crippen MR) is 439 cm³/mol. The Morgan fingerprint density at radius 3 is 1.03 bits per heavy atom. The van der Waals surface area contributed by atoms with Crippen molar-refractivity contribution in [3.63, 3.8) is 0 Å². The summed E-state index contributed by atoms with van der Waals surface area (Å²) < 4.78 is 13.1. The van der Waals surface area contributed by atoms with Gasteiger partial charge in [-0.3, -0.25) is 62.2 Å². The third kappa shape index (κ3) is 14.3. The molecule has 6 unspecified atom stereocenters. The molecule has 12 aliphatic rings. The highest BCUT2D eigenvalue weighted by atomic mass is 16.5. The van der Waals surface area contributed by atoms with Crippen molar-refractivity contribution in [2.75, 3.05) is 7.11 Å². The Kier molecular flexibility index (Phi) is 20.6. The van der Waals surface area contributed by atoms with Crippen molar-refractivity contribution in [1.82, 2.24) is 57.5 Å². The molecule has 114 heavy (non-hydrogen) atoms. The fourth-order valence-electron chi connectivity index (χ4n) is 25.5. The number of rotatable bonds is 13. The Labute approximate surface area is 663 Å². The van der Waals surface area contributed by atoms with Crippen LogP contribution < -0.4 is 33.4 Å². The number of fused-ring (bicyclic) bond motifs is 15. The smallest absolute Gasteiger partial charge is 0.325 e. The molecule has 6 saturated carbocycles. The third-order valence-corrected chi connectivity index (χ3v) is 29.8. The number of carboxylic acid groups (broad SMARTS) is 1. The quantitative estimate of drug-likeness (QED) is 0.102. The van der Waals surface area contributed by atoms with Gasteiger partial charge in [0.25, 0.3) is 27.8 Å². The second kappa shape index (κ2) is 31.4. The van der Waals surface area contributed by atoms with Crippen molar-refractivity contribution in [2.24, 2.45) is 35.5 Å². The molecule has 6 aliphatic heterocycles. The van der Waals surface area contributed by atoms with Crippen LogP contribution in [0.4, 0.5) is 0 Å². The average molecular weight is 1540 g/mol. The van der Waals surface area contributed by atoms with Gasteiger partial charge in [-0.15, -0.1) is 0 Å². The number of piperidine rings is 3. The summed E-state index contributed by atoms with van der Waals surface area (Å²) >= 11 is 0. The molecule has 0 amide bonds. The minimum atomic E-state index is -1.14. The number of carboxylic acids is 1. The molecular weight excluding hydrogens is 1430 g/mol. The second-order valence-corrected chi connectivity index (χ2v) is 36.4. The second-order valence-electron chi connectivity index (χ2n) is 36.4. The molecule has 22 heteroatoms. The van der Waals surface area contributed by atoms with Crippen molar-refractivity contribution < 1.29 is 19.4 Å². The summed E-state index contributed by atoms with van der Waals surface area (Å²) in [6, 6.07) is 43.1. The van der Waals surface area contributed by atoms with E-state index in [1.165, 1.54) is 184 Å². The number of nitrogens with one attached hydrogen (secondary N) is 1. The molecule has 0 spiro atoms. The summed E-state index contributed by atoms with van der Waals surface area (Å²) in [5, 5.41) is 9.44. The van der Waals surface area contributed by atoms with E-state index in [1.807, 2.05) is 86.5 Å². The Balaban J connectivity index is 0.000000115. The Bertz CT molecular complexity index is 5470. The zero-order chi connectivity index (χ0) is 77.6. The summed E-state index contributed by atoms with van der Waals surface area (Å²) in [6.45, 7) is -0.791. The number of nitrogens with zero attached hydrogens (tertiary/aromatic N) is 11. The van der Waals surface area contributed by atoms with E-state index in [9.17, 15) is 43.5 Å². The van der Waals surface area contributed by atoms with Crippen LogP contribution in [0.15, 0.2) is 156 Å². The van der Waals surface area contributed by atoms with Gasteiger partial charge in [0.1, 0.15) is 13.1 Å². The maximum absolute atomic E-state index is 14.3. The molecule has 6 aromatic heterocycles. The zero-order valence-electron chi connectivity index (χ0n) is 65.7. The van der Waals surface area contributed by atoms with Crippen molar-refractivity contribution in [3.05, 3.63) is 190 Å². The molecule has 596 valence electrons. The van der Waals surface area contributed by atoms with Crippen LogP contribution in [0.3, 0.4) is 0 Å². The number of carbonyl (C=O) groups is 2. The van der Waals surface area contributed by atoms with Crippen LogP contribution in [-0.4, -0.2) is 136 Å². The van der Waals surface area contributed by atoms with Gasteiger partial charge in [0.15, 0.2) is 17.1 Å². The first-order valence-corrected chi connectivity index (χ1v) is 43.3. The summed E-state index contributed by atoms with van der Waals surface area (Å²) in [4.78, 5) is 129. The van der Waals surface area contributed by atoms with Crippen LogP contribution in [-0.2, 0) is 27.4 Å². The third-order valence-electron chi connectivity index (χ3n) is 29.8. The number of aromatic nitrogens is 9. The van der Waals surface area contributed by atoms with Gasteiger partial charge in [-0.1, -0.05) is 112 Å². The van der Waals surface area contributed by atoms with Gasteiger partial charge in [-0.2, -0.15) is 0 Å². The van der Waals surface area contributed by atoms with Crippen LogP contribution in [0.2, 0.25) is 0 Å². The number of methoxy groups -OCH3 is 1. The maximum Gasteiger partial charge on any atom is 0.325 e. The number of aromatic amines is 1. The van der Waals surface area contributed by atoms with Crippen LogP contribution >= 0.6 is 0 Å². The summed E-state index contributed by atoms with van der Waals surface area (Å²) in [6.07, 6.45) is 38.3. The highest BCUT2D eigenvalue weighted by molar-refractivity contribution is 5.80. The fraction of sp³-hybridized carbons (Fsp3) is 0.554. The lowest BCUT2D eigenvalue weighted by molar-refractivity contribution is -0.141. The number of hydrogen-bond acceptors (Lipinski definition) is 15. The number of pyridine rings is 3. The molecule has 2 N–H and O–H groups in total. The predicted octanol–water partition coefficient (Wildman–Crippen LogP) is 13.9. The number of ether oxygens (including phenoxy) is 1. The highest BCUT2D eigenvalue weighted by Gasteiger charge is 2.51. The summed E-state index contributed by atoms with van der Waals surface area (Å²) in [5.41, 5.74) is 4.95. The maximum atomic E-state index is 14.3. The number of hydrogen-bond donors (Lipinski definition) is 2. The molecule has 22 nitrogen and oxygen atoms in total. The lowest BCUT2D eigenvalue weighted by atomic mass is 9.69. The normalized spacial score (nSPS) is 31.0. The van der Waals surface area contributed by atoms with E-state index >= 15 is 0 Å². The minimum absolute atomic E-state index is 0.0457. The molecule has 6 aliphatic carbocycles. The van der Waals surface area contributed by atoms with E-state index in [-0.39, 0.29) is 69.5 Å². The molecule has 6 saturated heterocycles. The summed E-state index contributed by atoms with van der Waals surface area (Å²) in [7, 11) is 1.29. The first kappa shape index (κ1) is 74.8. The molecule has 21 rings (SSSR count). The van der Waals surface area contributed by atoms with Gasteiger partial charge in [0.05, 0.1) is 57.3 Å². The van der Waals surface area contributed by atoms with E-state index in [0.717, 1.165) is 107 Å². The molecule has 3 aromatic carbocycles. The minimum Gasteiger partial charge on any atom is -0.480 e. The van der Waals surface area contributed by atoms with E-state index in [2.05, 4.69) is 24.7 Å². The Hall–Kier alpha value is -9.25. The molecule has 12 heterocycles. The van der Waals surface area contributed by atoms with Gasteiger partial charge < -0.3 is 28.5 Å². The number of carbonyl (C=O) groups excluding carboxylic acids is 1. The lowest BCUT2D eigenvalue weighted by Gasteiger charge is -2.49. The molecule has 9 aromatic rings. The molecule has 12 fully saturated rings. The van der Waals surface area contributed by atoms with Gasteiger partial charge in [0, 0.05) is 90.7 Å².